The highest BCUT2D eigenvalue weighted by Gasteiger charge is 2.21. The number of carbonyl (C=O) groups excluding carboxylic acids is 1. The van der Waals surface area contributed by atoms with Crippen LogP contribution < -0.4 is 14.8 Å². The first-order chi connectivity index (χ1) is 16.1. The van der Waals surface area contributed by atoms with Gasteiger partial charge >= 0.3 is 0 Å². The molecule has 168 valence electrons. The lowest BCUT2D eigenvalue weighted by Crippen LogP contribution is -2.18. The van der Waals surface area contributed by atoms with Gasteiger partial charge in [0.15, 0.2) is 22.5 Å². The molecule has 9 nitrogen and oxygen atoms in total. The summed E-state index contributed by atoms with van der Waals surface area (Å²) in [7, 11) is 0. The zero-order valence-corrected chi connectivity index (χ0v) is 19.0. The highest BCUT2D eigenvalue weighted by atomic mass is 32.2. The van der Waals surface area contributed by atoms with Gasteiger partial charge in [-0.05, 0) is 44.2 Å². The van der Waals surface area contributed by atoms with E-state index in [-0.39, 0.29) is 24.5 Å². The molecule has 0 atom stereocenters. The molecule has 0 bridgehead atoms. The Labute approximate surface area is 194 Å². The third-order valence-corrected chi connectivity index (χ3v) is 5.97. The van der Waals surface area contributed by atoms with E-state index in [0.717, 1.165) is 11.3 Å². The van der Waals surface area contributed by atoms with Crippen LogP contribution in [0.3, 0.4) is 0 Å². The third-order valence-electron chi connectivity index (χ3n) is 5.04. The maximum absolute atomic E-state index is 12.7. The molecule has 3 heterocycles. The van der Waals surface area contributed by atoms with E-state index in [9.17, 15) is 4.79 Å². The van der Waals surface area contributed by atoms with Crippen molar-refractivity contribution in [2.75, 3.05) is 17.9 Å². The Balaban J connectivity index is 1.41. The molecule has 1 N–H and O–H groups in total. The summed E-state index contributed by atoms with van der Waals surface area (Å²) in [5.74, 6) is 2.73. The second kappa shape index (κ2) is 8.99. The van der Waals surface area contributed by atoms with Gasteiger partial charge in [-0.1, -0.05) is 30.0 Å². The Morgan fingerprint density at radius 2 is 1.91 bits per heavy atom. The molecule has 0 unspecified atom stereocenters. The molecular weight excluding hydrogens is 440 g/mol. The van der Waals surface area contributed by atoms with Crippen LogP contribution in [0.5, 0.6) is 11.5 Å². The lowest BCUT2D eigenvalue weighted by Gasteiger charge is -2.12. The molecule has 10 heteroatoms. The lowest BCUT2D eigenvalue weighted by molar-refractivity contribution is -0.113. The Hall–Kier alpha value is -3.79. The Bertz CT molecular complexity index is 1280. The number of amides is 1. The van der Waals surface area contributed by atoms with Crippen molar-refractivity contribution < 1.29 is 14.3 Å². The summed E-state index contributed by atoms with van der Waals surface area (Å²) in [6.45, 7) is 4.23. The second-order valence-corrected chi connectivity index (χ2v) is 8.58. The fourth-order valence-electron chi connectivity index (χ4n) is 3.53. The van der Waals surface area contributed by atoms with Crippen LogP contribution in [-0.4, -0.2) is 43.0 Å². The Kier molecular flexibility index (Phi) is 5.74. The number of ether oxygens (including phenoxy) is 2. The largest absolute Gasteiger partial charge is 0.454 e. The highest BCUT2D eigenvalue weighted by molar-refractivity contribution is 7.99. The van der Waals surface area contributed by atoms with Gasteiger partial charge in [-0.15, -0.1) is 10.2 Å². The van der Waals surface area contributed by atoms with Gasteiger partial charge in [-0.2, -0.15) is 5.10 Å². The molecule has 0 aliphatic carbocycles. The predicted octanol–water partition coefficient (Wildman–Crippen LogP) is 4.17. The predicted molar refractivity (Wildman–Crippen MR) is 125 cm³/mol. The molecule has 1 amide bonds. The molecule has 1 aliphatic heterocycles. The average molecular weight is 463 g/mol. The normalized spacial score (nSPS) is 12.3. The van der Waals surface area contributed by atoms with Crippen LogP contribution >= 0.6 is 11.8 Å². The Morgan fingerprint density at radius 1 is 1.09 bits per heavy atom. The van der Waals surface area contributed by atoms with E-state index < -0.39 is 0 Å². The van der Waals surface area contributed by atoms with Gasteiger partial charge in [-0.25, -0.2) is 4.68 Å². The molecule has 4 aromatic rings. The SMILES string of the molecule is CC(C)n1nccc1NC(=O)CSc1nnc(-c2ccc3c(c2)OCO3)n1-c1ccccc1. The minimum absolute atomic E-state index is 0.144. The summed E-state index contributed by atoms with van der Waals surface area (Å²) < 4.78 is 14.7. The van der Waals surface area contributed by atoms with E-state index >= 15 is 0 Å². The number of aromatic nitrogens is 5. The van der Waals surface area contributed by atoms with Gasteiger partial charge < -0.3 is 14.8 Å². The molecule has 2 aromatic heterocycles. The van der Waals surface area contributed by atoms with Gasteiger partial charge in [0.05, 0.1) is 11.9 Å². The number of anilines is 1. The van der Waals surface area contributed by atoms with E-state index in [2.05, 4.69) is 20.6 Å². The number of benzene rings is 2. The number of rotatable bonds is 7. The summed E-state index contributed by atoms with van der Waals surface area (Å²) in [6.07, 6.45) is 1.67. The van der Waals surface area contributed by atoms with E-state index in [4.69, 9.17) is 9.47 Å². The zero-order valence-electron chi connectivity index (χ0n) is 18.1. The second-order valence-electron chi connectivity index (χ2n) is 7.64. The number of para-hydroxylation sites is 1. The topological polar surface area (TPSA) is 96.1 Å². The fraction of sp³-hybridized carbons (Fsp3) is 0.217. The number of fused-ring (bicyclic) bond motifs is 1. The summed E-state index contributed by atoms with van der Waals surface area (Å²) >= 11 is 1.32. The van der Waals surface area contributed by atoms with Crippen LogP contribution in [0.4, 0.5) is 5.82 Å². The van der Waals surface area contributed by atoms with Crippen LogP contribution in [0.2, 0.25) is 0 Å². The summed E-state index contributed by atoms with van der Waals surface area (Å²) in [5.41, 5.74) is 1.74. The minimum Gasteiger partial charge on any atom is -0.454 e. The van der Waals surface area contributed by atoms with Crippen molar-refractivity contribution in [2.45, 2.75) is 25.0 Å². The monoisotopic (exact) mass is 462 g/mol. The summed E-state index contributed by atoms with van der Waals surface area (Å²) in [4.78, 5) is 12.7. The van der Waals surface area contributed by atoms with Crippen LogP contribution in [-0.2, 0) is 4.79 Å². The van der Waals surface area contributed by atoms with Crippen LogP contribution in [0.25, 0.3) is 17.1 Å². The van der Waals surface area contributed by atoms with Crippen molar-refractivity contribution in [3.63, 3.8) is 0 Å². The number of hydrogen-bond donors (Lipinski definition) is 1. The van der Waals surface area contributed by atoms with Crippen molar-refractivity contribution in [3.8, 4) is 28.6 Å². The van der Waals surface area contributed by atoms with Crippen molar-refractivity contribution in [1.82, 2.24) is 24.5 Å². The van der Waals surface area contributed by atoms with E-state index in [1.54, 1.807) is 16.9 Å². The maximum atomic E-state index is 12.7. The highest BCUT2D eigenvalue weighted by Crippen LogP contribution is 2.37. The molecule has 0 spiro atoms. The third kappa shape index (κ3) is 4.29. The fourth-order valence-corrected chi connectivity index (χ4v) is 4.28. The summed E-state index contributed by atoms with van der Waals surface area (Å²) in [5, 5.41) is 16.6. The first-order valence-electron chi connectivity index (χ1n) is 10.5. The van der Waals surface area contributed by atoms with Gasteiger partial charge in [0.1, 0.15) is 5.82 Å². The smallest absolute Gasteiger partial charge is 0.235 e. The number of hydrogen-bond acceptors (Lipinski definition) is 7. The average Bonchev–Trinajstić information content (AvgIpc) is 3.57. The number of nitrogens with zero attached hydrogens (tertiary/aromatic N) is 5. The molecule has 33 heavy (non-hydrogen) atoms. The van der Waals surface area contributed by atoms with Gasteiger partial charge in [-0.3, -0.25) is 9.36 Å². The molecular formula is C23H22N6O3S. The van der Waals surface area contributed by atoms with E-state index in [0.29, 0.717) is 28.3 Å². The van der Waals surface area contributed by atoms with Crippen molar-refractivity contribution in [1.29, 1.82) is 0 Å². The van der Waals surface area contributed by atoms with E-state index in [1.807, 2.05) is 66.9 Å². The molecule has 0 radical (unpaired) electrons. The van der Waals surface area contributed by atoms with Gasteiger partial charge in [0, 0.05) is 23.4 Å². The molecule has 0 fully saturated rings. The maximum Gasteiger partial charge on any atom is 0.235 e. The molecule has 0 saturated heterocycles. The quantitative estimate of drug-likeness (QED) is 0.412. The standard InChI is InChI=1S/C23H22N6O3S/c1-15(2)29-20(10-11-24-29)25-21(30)13-33-23-27-26-22(28(23)17-6-4-3-5-7-17)16-8-9-18-19(12-16)32-14-31-18/h3-12,15H,13-14H2,1-2H3,(H,25,30). The van der Waals surface area contributed by atoms with Gasteiger partial charge in [0.25, 0.3) is 0 Å². The molecule has 2 aromatic carbocycles. The molecule has 5 rings (SSSR count). The van der Waals surface area contributed by atoms with Crippen LogP contribution in [0.1, 0.15) is 19.9 Å². The van der Waals surface area contributed by atoms with Gasteiger partial charge in [0.2, 0.25) is 12.7 Å². The lowest BCUT2D eigenvalue weighted by atomic mass is 10.2. The van der Waals surface area contributed by atoms with E-state index in [1.165, 1.54) is 11.8 Å². The molecule has 1 aliphatic rings. The molecule has 0 saturated carbocycles. The van der Waals surface area contributed by atoms with Crippen molar-refractivity contribution in [2.24, 2.45) is 0 Å². The van der Waals surface area contributed by atoms with Crippen LogP contribution in [0, 0.1) is 0 Å². The minimum atomic E-state index is -0.144. The number of thioether (sulfide) groups is 1. The zero-order chi connectivity index (χ0) is 22.8. The Morgan fingerprint density at radius 3 is 2.73 bits per heavy atom. The first-order valence-corrected chi connectivity index (χ1v) is 11.5. The number of nitrogens with one attached hydrogen (secondary N) is 1. The number of carbonyl (C=O) groups is 1. The summed E-state index contributed by atoms with van der Waals surface area (Å²) in [6, 6.07) is 17.4. The van der Waals surface area contributed by atoms with Crippen molar-refractivity contribution >= 4 is 23.5 Å². The first kappa shape index (κ1) is 21.1. The van der Waals surface area contributed by atoms with Crippen LogP contribution in [0.15, 0.2) is 66.0 Å². The van der Waals surface area contributed by atoms with Crippen molar-refractivity contribution in [3.05, 3.63) is 60.8 Å².